The molecular weight excluding hydrogens is 230 g/mol. The van der Waals surface area contributed by atoms with Gasteiger partial charge < -0.3 is 5.11 Å². The summed E-state index contributed by atoms with van der Waals surface area (Å²) in [6.45, 7) is 6.57. The van der Waals surface area contributed by atoms with Crippen molar-refractivity contribution in [1.82, 2.24) is 4.90 Å². The maximum absolute atomic E-state index is 11.3. The zero-order chi connectivity index (χ0) is 13.8. The minimum atomic E-state index is -0.770. The van der Waals surface area contributed by atoms with Crippen LogP contribution in [0, 0.1) is 5.41 Å². The van der Waals surface area contributed by atoms with Gasteiger partial charge in [-0.1, -0.05) is 12.8 Å². The van der Waals surface area contributed by atoms with Gasteiger partial charge in [0.15, 0.2) is 0 Å². The minimum absolute atomic E-state index is 0.194. The summed E-state index contributed by atoms with van der Waals surface area (Å²) in [7, 11) is 0. The quantitative estimate of drug-likeness (QED) is 0.819. The van der Waals surface area contributed by atoms with E-state index in [9.17, 15) is 14.7 Å². The molecule has 1 aliphatic rings. The third kappa shape index (κ3) is 4.41. The fourth-order valence-corrected chi connectivity index (χ4v) is 2.58. The molecular formula is C14H25NO3. The van der Waals surface area contributed by atoms with Crippen molar-refractivity contribution in [2.24, 2.45) is 5.41 Å². The summed E-state index contributed by atoms with van der Waals surface area (Å²) in [4.78, 5) is 24.8. The fraction of sp³-hybridized carbons (Fsp3) is 0.857. The van der Waals surface area contributed by atoms with E-state index >= 15 is 0 Å². The van der Waals surface area contributed by atoms with Gasteiger partial charge in [0.05, 0.1) is 5.41 Å². The molecule has 1 heterocycles. The molecule has 0 saturated carbocycles. The number of carbonyl (C=O) groups excluding carboxylic acids is 1. The predicted molar refractivity (Wildman–Crippen MR) is 70.5 cm³/mol. The summed E-state index contributed by atoms with van der Waals surface area (Å²) in [5.41, 5.74) is -0.751. The molecule has 18 heavy (non-hydrogen) atoms. The average Bonchev–Trinajstić information content (AvgIpc) is 2.43. The molecule has 0 amide bonds. The van der Waals surface area contributed by atoms with E-state index in [1.165, 1.54) is 6.42 Å². The molecule has 0 radical (unpaired) electrons. The predicted octanol–water partition coefficient (Wildman–Crippen LogP) is 2.32. The molecule has 0 aliphatic carbocycles. The molecule has 1 unspecified atom stereocenters. The van der Waals surface area contributed by atoms with Crippen molar-refractivity contribution in [3.63, 3.8) is 0 Å². The standard InChI is InChI=1S/C14H25NO3/c1-11(16)9-12-7-5-4-6-8-15(12)10-14(2,3)13(17)18/h12H,4-10H2,1-3H3,(H,17,18). The molecule has 1 atom stereocenters. The van der Waals surface area contributed by atoms with Crippen LogP contribution in [-0.2, 0) is 9.59 Å². The highest BCUT2D eigenvalue weighted by Crippen LogP contribution is 2.25. The Labute approximate surface area is 109 Å². The van der Waals surface area contributed by atoms with E-state index < -0.39 is 11.4 Å². The number of aliphatic carboxylic acids is 1. The van der Waals surface area contributed by atoms with E-state index in [1.807, 2.05) is 0 Å². The van der Waals surface area contributed by atoms with Crippen molar-refractivity contribution in [2.75, 3.05) is 13.1 Å². The Morgan fingerprint density at radius 3 is 2.50 bits per heavy atom. The number of hydrogen-bond donors (Lipinski definition) is 1. The first-order chi connectivity index (χ1) is 8.33. The summed E-state index contributed by atoms with van der Waals surface area (Å²) in [5.74, 6) is -0.576. The Kier molecular flexibility index (Phi) is 5.32. The fourth-order valence-electron chi connectivity index (χ4n) is 2.58. The number of carboxylic acids is 1. The molecule has 4 nitrogen and oxygen atoms in total. The van der Waals surface area contributed by atoms with Crippen LogP contribution in [0.3, 0.4) is 0 Å². The highest BCUT2D eigenvalue weighted by Gasteiger charge is 2.33. The number of carbonyl (C=O) groups is 2. The van der Waals surface area contributed by atoms with E-state index in [-0.39, 0.29) is 11.8 Å². The zero-order valence-electron chi connectivity index (χ0n) is 11.7. The van der Waals surface area contributed by atoms with Crippen LogP contribution in [0.25, 0.3) is 0 Å². The summed E-state index contributed by atoms with van der Waals surface area (Å²) < 4.78 is 0. The third-order valence-corrected chi connectivity index (χ3v) is 3.70. The monoisotopic (exact) mass is 255 g/mol. The number of Topliss-reactive ketones (excluding diaryl/α,β-unsaturated/α-hetero) is 1. The summed E-state index contributed by atoms with van der Waals surface area (Å²) in [6.07, 6.45) is 4.98. The Morgan fingerprint density at radius 1 is 1.28 bits per heavy atom. The molecule has 1 saturated heterocycles. The van der Waals surface area contributed by atoms with E-state index in [4.69, 9.17) is 0 Å². The van der Waals surface area contributed by atoms with Crippen molar-refractivity contribution in [3.05, 3.63) is 0 Å². The van der Waals surface area contributed by atoms with E-state index in [0.717, 1.165) is 25.8 Å². The second kappa shape index (κ2) is 6.32. The first kappa shape index (κ1) is 15.2. The van der Waals surface area contributed by atoms with Gasteiger partial charge in [0.2, 0.25) is 0 Å². The van der Waals surface area contributed by atoms with Gasteiger partial charge in [-0.05, 0) is 40.2 Å². The van der Waals surface area contributed by atoms with Crippen LogP contribution in [0.15, 0.2) is 0 Å². The van der Waals surface area contributed by atoms with Crippen LogP contribution in [0.2, 0.25) is 0 Å². The van der Waals surface area contributed by atoms with Crippen molar-refractivity contribution < 1.29 is 14.7 Å². The molecule has 4 heteroatoms. The van der Waals surface area contributed by atoms with Crippen molar-refractivity contribution in [3.8, 4) is 0 Å². The minimum Gasteiger partial charge on any atom is -0.481 e. The van der Waals surface area contributed by atoms with E-state index in [0.29, 0.717) is 13.0 Å². The Hall–Kier alpha value is -0.900. The van der Waals surface area contributed by atoms with Gasteiger partial charge in [0, 0.05) is 19.0 Å². The van der Waals surface area contributed by atoms with Crippen molar-refractivity contribution in [2.45, 2.75) is 58.9 Å². The smallest absolute Gasteiger partial charge is 0.310 e. The number of likely N-dealkylation sites (tertiary alicyclic amines) is 1. The molecule has 1 fully saturated rings. The number of rotatable bonds is 5. The van der Waals surface area contributed by atoms with Gasteiger partial charge in [-0.25, -0.2) is 0 Å². The van der Waals surface area contributed by atoms with Gasteiger partial charge in [-0.2, -0.15) is 0 Å². The number of carboxylic acid groups (broad SMARTS) is 1. The first-order valence-corrected chi connectivity index (χ1v) is 6.80. The average molecular weight is 255 g/mol. The Bertz CT molecular complexity index is 312. The lowest BCUT2D eigenvalue weighted by atomic mass is 9.91. The Morgan fingerprint density at radius 2 is 1.94 bits per heavy atom. The van der Waals surface area contributed by atoms with Crippen LogP contribution in [-0.4, -0.2) is 40.9 Å². The topological polar surface area (TPSA) is 57.6 Å². The molecule has 0 aromatic rings. The van der Waals surface area contributed by atoms with E-state index in [2.05, 4.69) is 4.90 Å². The van der Waals surface area contributed by atoms with E-state index in [1.54, 1.807) is 20.8 Å². The lowest BCUT2D eigenvalue weighted by molar-refractivity contribution is -0.148. The highest BCUT2D eigenvalue weighted by atomic mass is 16.4. The normalized spacial score (nSPS) is 22.5. The molecule has 0 bridgehead atoms. The van der Waals surface area contributed by atoms with Crippen molar-refractivity contribution >= 4 is 11.8 Å². The Balaban J connectivity index is 2.73. The molecule has 1 N–H and O–H groups in total. The zero-order valence-corrected chi connectivity index (χ0v) is 11.7. The van der Waals surface area contributed by atoms with Crippen LogP contribution in [0.5, 0.6) is 0 Å². The molecule has 0 spiro atoms. The number of ketones is 1. The third-order valence-electron chi connectivity index (χ3n) is 3.70. The SMILES string of the molecule is CC(=O)CC1CCCCCN1CC(C)(C)C(=O)O. The molecule has 0 aromatic heterocycles. The lowest BCUT2D eigenvalue weighted by Gasteiger charge is -2.34. The first-order valence-electron chi connectivity index (χ1n) is 6.80. The van der Waals surface area contributed by atoms with Crippen molar-refractivity contribution in [1.29, 1.82) is 0 Å². The molecule has 1 rings (SSSR count). The van der Waals surface area contributed by atoms with Crippen LogP contribution in [0.1, 0.15) is 52.9 Å². The summed E-state index contributed by atoms with van der Waals surface area (Å²) >= 11 is 0. The highest BCUT2D eigenvalue weighted by molar-refractivity contribution is 5.76. The van der Waals surface area contributed by atoms with Gasteiger partial charge in [0.25, 0.3) is 0 Å². The molecule has 0 aromatic carbocycles. The summed E-state index contributed by atoms with van der Waals surface area (Å²) in [6, 6.07) is 0.226. The largest absolute Gasteiger partial charge is 0.481 e. The van der Waals surface area contributed by atoms with Gasteiger partial charge in [0.1, 0.15) is 5.78 Å². The summed E-state index contributed by atoms with van der Waals surface area (Å²) in [5, 5.41) is 9.22. The lowest BCUT2D eigenvalue weighted by Crippen LogP contribution is -2.45. The number of hydrogen-bond acceptors (Lipinski definition) is 3. The second-order valence-corrected chi connectivity index (χ2v) is 6.07. The van der Waals surface area contributed by atoms with Gasteiger partial charge in [-0.3, -0.25) is 14.5 Å². The maximum atomic E-state index is 11.3. The molecule has 104 valence electrons. The van der Waals surface area contributed by atoms with Gasteiger partial charge >= 0.3 is 5.97 Å². The number of nitrogens with zero attached hydrogens (tertiary/aromatic N) is 1. The maximum Gasteiger partial charge on any atom is 0.310 e. The molecule has 1 aliphatic heterocycles. The van der Waals surface area contributed by atoms with Gasteiger partial charge in [-0.15, -0.1) is 0 Å². The van der Waals surface area contributed by atoms with Crippen LogP contribution in [0.4, 0.5) is 0 Å². The van der Waals surface area contributed by atoms with Crippen LogP contribution >= 0.6 is 0 Å². The van der Waals surface area contributed by atoms with Crippen LogP contribution < -0.4 is 0 Å². The second-order valence-electron chi connectivity index (χ2n) is 6.07.